The zero-order chi connectivity index (χ0) is 25.7. The summed E-state index contributed by atoms with van der Waals surface area (Å²) in [6.45, 7) is 0.599. The summed E-state index contributed by atoms with van der Waals surface area (Å²) in [6.07, 6.45) is 2.61. The first-order valence-corrected chi connectivity index (χ1v) is 13.5. The van der Waals surface area contributed by atoms with Gasteiger partial charge in [-0.05, 0) is 35.2 Å². The molecule has 1 amide bonds. The highest BCUT2D eigenvalue weighted by molar-refractivity contribution is 7.22. The molecule has 1 aliphatic heterocycles. The van der Waals surface area contributed by atoms with Crippen LogP contribution in [-0.4, -0.2) is 29.4 Å². The lowest BCUT2D eigenvalue weighted by atomic mass is 9.88. The number of hydrogen-bond acceptors (Lipinski definition) is 5. The van der Waals surface area contributed by atoms with Gasteiger partial charge in [-0.25, -0.2) is 4.98 Å². The van der Waals surface area contributed by atoms with E-state index in [1.54, 1.807) is 6.21 Å². The van der Waals surface area contributed by atoms with Gasteiger partial charge in [-0.2, -0.15) is 10.1 Å². The lowest BCUT2D eigenvalue weighted by molar-refractivity contribution is -0.118. The molecule has 5 aromatic rings. The maximum atomic E-state index is 13.6. The van der Waals surface area contributed by atoms with E-state index in [-0.39, 0.29) is 11.8 Å². The number of fused-ring (bicyclic) bond motifs is 1. The smallest absolute Gasteiger partial charge is 0.264 e. The summed E-state index contributed by atoms with van der Waals surface area (Å²) >= 11 is 1.47. The predicted molar refractivity (Wildman–Crippen MR) is 156 cm³/mol. The third kappa shape index (κ3) is 4.91. The molecule has 0 radical (unpaired) electrons. The molecule has 1 aromatic heterocycles. The third-order valence-electron chi connectivity index (χ3n) is 6.72. The van der Waals surface area contributed by atoms with Gasteiger partial charge in [-0.1, -0.05) is 114 Å². The average molecular weight is 515 g/mol. The van der Waals surface area contributed by atoms with Gasteiger partial charge < -0.3 is 0 Å². The second-order valence-corrected chi connectivity index (χ2v) is 10.2. The van der Waals surface area contributed by atoms with E-state index >= 15 is 0 Å². The number of carbonyl (C=O) groups is 1. The Morgan fingerprint density at radius 3 is 2.08 bits per heavy atom. The number of anilines is 1. The van der Waals surface area contributed by atoms with Crippen molar-refractivity contribution in [3.05, 3.63) is 132 Å². The number of aliphatic imine (C=N–C) groups is 1. The first-order valence-electron chi connectivity index (χ1n) is 12.7. The van der Waals surface area contributed by atoms with Crippen molar-refractivity contribution in [2.45, 2.75) is 12.3 Å². The highest BCUT2D eigenvalue weighted by Gasteiger charge is 2.37. The number of para-hydroxylation sites is 1. The number of hydrazone groups is 1. The van der Waals surface area contributed by atoms with Crippen LogP contribution in [0.15, 0.2) is 125 Å². The minimum Gasteiger partial charge on any atom is -0.296 e. The molecule has 0 fully saturated rings. The Hall–Kier alpha value is -4.42. The molecule has 186 valence electrons. The number of rotatable bonds is 8. The Labute approximate surface area is 225 Å². The van der Waals surface area contributed by atoms with Crippen LogP contribution in [0, 0.1) is 5.92 Å². The second kappa shape index (κ2) is 10.9. The number of amides is 1. The zero-order valence-electron chi connectivity index (χ0n) is 20.7. The summed E-state index contributed by atoms with van der Waals surface area (Å²) in [4.78, 5) is 23.1. The van der Waals surface area contributed by atoms with Crippen LogP contribution in [-0.2, 0) is 4.79 Å². The Balaban J connectivity index is 1.25. The molecule has 0 unspecified atom stereocenters. The molecule has 6 rings (SSSR count). The standard InChI is InChI=1S/C32H26N4OS/c37-31-27(22-33-21-20-26(23-12-4-1-5-13-23)24-14-6-2-7-15-24)30(25-16-8-3-9-17-25)35-36(31)32-34-28-18-10-11-19-29(28)38-32/h1-19,22,26-27H,20-21H2/t27-/m1/s1. The van der Waals surface area contributed by atoms with Gasteiger partial charge in [0.25, 0.3) is 5.91 Å². The minimum atomic E-state index is -0.559. The Morgan fingerprint density at radius 2 is 1.42 bits per heavy atom. The van der Waals surface area contributed by atoms with E-state index in [0.29, 0.717) is 17.4 Å². The lowest BCUT2D eigenvalue weighted by Gasteiger charge is -2.17. The van der Waals surface area contributed by atoms with Crippen molar-refractivity contribution in [1.82, 2.24) is 4.98 Å². The molecule has 4 aromatic carbocycles. The minimum absolute atomic E-state index is 0.130. The predicted octanol–water partition coefficient (Wildman–Crippen LogP) is 6.96. The molecule has 0 saturated heterocycles. The van der Waals surface area contributed by atoms with E-state index in [1.165, 1.54) is 27.5 Å². The number of aromatic nitrogens is 1. The Morgan fingerprint density at radius 1 is 0.816 bits per heavy atom. The van der Waals surface area contributed by atoms with Crippen molar-refractivity contribution in [2.24, 2.45) is 16.0 Å². The molecule has 5 nitrogen and oxygen atoms in total. The van der Waals surface area contributed by atoms with E-state index in [2.05, 4.69) is 53.5 Å². The summed E-state index contributed by atoms with van der Waals surface area (Å²) in [5.41, 5.74) is 4.99. The van der Waals surface area contributed by atoms with E-state index in [0.717, 1.165) is 22.2 Å². The van der Waals surface area contributed by atoms with Gasteiger partial charge in [-0.15, -0.1) is 0 Å². The summed E-state index contributed by atoms with van der Waals surface area (Å²) < 4.78 is 1.02. The highest BCUT2D eigenvalue weighted by atomic mass is 32.1. The van der Waals surface area contributed by atoms with Crippen LogP contribution in [0.3, 0.4) is 0 Å². The van der Waals surface area contributed by atoms with E-state index < -0.39 is 5.92 Å². The summed E-state index contributed by atoms with van der Waals surface area (Å²) in [5, 5.41) is 6.77. The molecule has 38 heavy (non-hydrogen) atoms. The SMILES string of the molecule is O=C1[C@H](C=NCCC(c2ccccc2)c2ccccc2)C(c2ccccc2)=NN1c1nc2ccccc2s1. The topological polar surface area (TPSA) is 57.9 Å². The highest BCUT2D eigenvalue weighted by Crippen LogP contribution is 2.33. The fraction of sp³-hybridized carbons (Fsp3) is 0.125. The van der Waals surface area contributed by atoms with E-state index in [1.807, 2.05) is 66.7 Å². The van der Waals surface area contributed by atoms with Gasteiger partial charge in [0.15, 0.2) is 0 Å². The van der Waals surface area contributed by atoms with Crippen LogP contribution in [0.1, 0.15) is 29.0 Å². The van der Waals surface area contributed by atoms with Crippen LogP contribution >= 0.6 is 11.3 Å². The largest absolute Gasteiger partial charge is 0.296 e. The first-order chi connectivity index (χ1) is 18.8. The van der Waals surface area contributed by atoms with Crippen LogP contribution in [0.4, 0.5) is 5.13 Å². The van der Waals surface area contributed by atoms with E-state index in [4.69, 9.17) is 10.1 Å². The van der Waals surface area contributed by atoms with Gasteiger partial charge in [-0.3, -0.25) is 9.79 Å². The van der Waals surface area contributed by atoms with E-state index in [9.17, 15) is 4.79 Å². The number of nitrogens with zero attached hydrogens (tertiary/aromatic N) is 4. The Bertz CT molecular complexity index is 1520. The Kier molecular flexibility index (Phi) is 6.87. The maximum absolute atomic E-state index is 13.6. The van der Waals surface area contributed by atoms with Gasteiger partial charge in [0.1, 0.15) is 5.92 Å². The average Bonchev–Trinajstić information content (AvgIpc) is 3.55. The molecular formula is C32H26N4OS. The maximum Gasteiger partial charge on any atom is 0.264 e. The second-order valence-electron chi connectivity index (χ2n) is 9.16. The molecular weight excluding hydrogens is 488 g/mol. The molecule has 0 spiro atoms. The van der Waals surface area contributed by atoms with Crippen molar-refractivity contribution >= 4 is 44.5 Å². The van der Waals surface area contributed by atoms with Gasteiger partial charge in [0.2, 0.25) is 5.13 Å². The van der Waals surface area contributed by atoms with Gasteiger partial charge >= 0.3 is 0 Å². The lowest BCUT2D eigenvalue weighted by Crippen LogP contribution is -2.28. The molecule has 1 atom stereocenters. The number of carbonyl (C=O) groups excluding carboxylic acids is 1. The fourth-order valence-electron chi connectivity index (χ4n) is 4.82. The molecule has 2 heterocycles. The first kappa shape index (κ1) is 23.9. The third-order valence-corrected chi connectivity index (χ3v) is 7.73. The molecule has 6 heteroatoms. The van der Waals surface area contributed by atoms with Crippen molar-refractivity contribution in [2.75, 3.05) is 11.6 Å². The fourth-order valence-corrected chi connectivity index (χ4v) is 5.74. The molecule has 1 aliphatic rings. The van der Waals surface area contributed by atoms with Gasteiger partial charge in [0.05, 0.1) is 15.9 Å². The number of benzene rings is 4. The van der Waals surface area contributed by atoms with Crippen LogP contribution in [0.25, 0.3) is 10.2 Å². The van der Waals surface area contributed by atoms with Crippen LogP contribution in [0.5, 0.6) is 0 Å². The van der Waals surface area contributed by atoms with Crippen LogP contribution in [0.2, 0.25) is 0 Å². The van der Waals surface area contributed by atoms with Crippen molar-refractivity contribution in [1.29, 1.82) is 0 Å². The molecule has 0 N–H and O–H groups in total. The summed E-state index contributed by atoms with van der Waals surface area (Å²) in [5.74, 6) is -0.457. The zero-order valence-corrected chi connectivity index (χ0v) is 21.5. The number of hydrogen-bond donors (Lipinski definition) is 0. The van der Waals surface area contributed by atoms with Crippen LogP contribution < -0.4 is 5.01 Å². The van der Waals surface area contributed by atoms with Crippen molar-refractivity contribution < 1.29 is 4.79 Å². The number of thiazole rings is 1. The monoisotopic (exact) mass is 514 g/mol. The molecule has 0 saturated carbocycles. The van der Waals surface area contributed by atoms with Crippen molar-refractivity contribution in [3.63, 3.8) is 0 Å². The van der Waals surface area contributed by atoms with Crippen molar-refractivity contribution in [3.8, 4) is 0 Å². The van der Waals surface area contributed by atoms with Gasteiger partial charge in [0, 0.05) is 18.7 Å². The summed E-state index contributed by atoms with van der Waals surface area (Å²) in [6, 6.07) is 38.8. The normalized spacial score (nSPS) is 15.6. The quantitative estimate of drug-likeness (QED) is 0.210. The molecule has 0 aliphatic carbocycles. The summed E-state index contributed by atoms with van der Waals surface area (Å²) in [7, 11) is 0. The molecule has 0 bridgehead atoms.